The van der Waals surface area contributed by atoms with Crippen LogP contribution in [0.1, 0.15) is 12.8 Å². The maximum atomic E-state index is 11.6. The molecule has 0 spiro atoms. The highest BCUT2D eigenvalue weighted by atomic mass is 16.1. The SMILES string of the molecule is C=C/C=C\C=C\CCC(=O)N=C(N(C)C)N(C)C. The van der Waals surface area contributed by atoms with Crippen LogP contribution < -0.4 is 0 Å². The molecule has 0 aromatic heterocycles. The van der Waals surface area contributed by atoms with E-state index >= 15 is 0 Å². The molecular weight excluding hydrogens is 226 g/mol. The van der Waals surface area contributed by atoms with Crippen molar-refractivity contribution in [2.45, 2.75) is 12.8 Å². The first-order chi connectivity index (χ1) is 8.49. The standard InChI is InChI=1S/C14H23N3O/c1-6-7-8-9-10-11-12-13(18)15-14(16(2)3)17(4)5/h6-10H,1,11-12H2,2-5H3/b8-7-,10-9+. The minimum atomic E-state index is -0.107. The Hall–Kier alpha value is -1.84. The van der Waals surface area contributed by atoms with Crippen LogP contribution in [0.2, 0.25) is 0 Å². The maximum Gasteiger partial charge on any atom is 0.249 e. The van der Waals surface area contributed by atoms with Gasteiger partial charge in [0.15, 0.2) is 0 Å². The van der Waals surface area contributed by atoms with Crippen LogP contribution in [0, 0.1) is 0 Å². The van der Waals surface area contributed by atoms with Crippen LogP contribution in [-0.2, 0) is 4.79 Å². The van der Waals surface area contributed by atoms with Crippen LogP contribution in [0.4, 0.5) is 0 Å². The smallest absolute Gasteiger partial charge is 0.249 e. The van der Waals surface area contributed by atoms with Crippen molar-refractivity contribution < 1.29 is 4.79 Å². The highest BCUT2D eigenvalue weighted by Gasteiger charge is 2.07. The van der Waals surface area contributed by atoms with Gasteiger partial charge in [0.1, 0.15) is 0 Å². The van der Waals surface area contributed by atoms with Crippen LogP contribution in [0.25, 0.3) is 0 Å². The van der Waals surface area contributed by atoms with Crippen LogP contribution >= 0.6 is 0 Å². The van der Waals surface area contributed by atoms with Gasteiger partial charge in [0, 0.05) is 34.6 Å². The van der Waals surface area contributed by atoms with Crippen LogP contribution in [-0.4, -0.2) is 49.9 Å². The third kappa shape index (κ3) is 7.44. The Morgan fingerprint density at radius 1 is 1.11 bits per heavy atom. The Morgan fingerprint density at radius 2 is 1.72 bits per heavy atom. The first-order valence-corrected chi connectivity index (χ1v) is 5.89. The zero-order valence-electron chi connectivity index (χ0n) is 11.8. The molecule has 0 aliphatic rings. The van der Waals surface area contributed by atoms with Gasteiger partial charge in [-0.05, 0) is 6.42 Å². The second-order valence-electron chi connectivity index (χ2n) is 4.18. The molecule has 4 nitrogen and oxygen atoms in total. The fourth-order valence-corrected chi connectivity index (χ4v) is 1.29. The molecule has 0 aliphatic heterocycles. The summed E-state index contributed by atoms with van der Waals surface area (Å²) in [5.41, 5.74) is 0. The van der Waals surface area contributed by atoms with E-state index in [0.717, 1.165) is 0 Å². The lowest BCUT2D eigenvalue weighted by Gasteiger charge is -2.21. The zero-order valence-corrected chi connectivity index (χ0v) is 11.8. The van der Waals surface area contributed by atoms with Gasteiger partial charge in [0.25, 0.3) is 0 Å². The predicted molar refractivity (Wildman–Crippen MR) is 77.5 cm³/mol. The van der Waals surface area contributed by atoms with Crippen LogP contribution in [0.3, 0.4) is 0 Å². The number of carbonyl (C=O) groups is 1. The molecule has 0 unspecified atom stereocenters. The molecule has 0 saturated heterocycles. The number of hydrogen-bond acceptors (Lipinski definition) is 1. The van der Waals surface area contributed by atoms with Gasteiger partial charge in [0.2, 0.25) is 11.9 Å². The molecule has 0 aliphatic carbocycles. The van der Waals surface area contributed by atoms with Gasteiger partial charge in [-0.3, -0.25) is 4.79 Å². The third-order valence-corrected chi connectivity index (χ3v) is 2.04. The molecule has 0 atom stereocenters. The minimum absolute atomic E-state index is 0.107. The van der Waals surface area contributed by atoms with E-state index in [2.05, 4.69) is 11.6 Å². The predicted octanol–water partition coefficient (Wildman–Crippen LogP) is 2.07. The van der Waals surface area contributed by atoms with Crippen LogP contribution in [0.5, 0.6) is 0 Å². The Morgan fingerprint density at radius 3 is 2.22 bits per heavy atom. The molecule has 18 heavy (non-hydrogen) atoms. The van der Waals surface area contributed by atoms with Gasteiger partial charge >= 0.3 is 0 Å². The van der Waals surface area contributed by atoms with Gasteiger partial charge in [-0.15, -0.1) is 0 Å². The molecule has 0 rings (SSSR count). The monoisotopic (exact) mass is 249 g/mol. The van der Waals surface area contributed by atoms with E-state index in [4.69, 9.17) is 0 Å². The highest BCUT2D eigenvalue weighted by Crippen LogP contribution is 1.97. The Bertz CT molecular complexity index is 342. The summed E-state index contributed by atoms with van der Waals surface area (Å²) in [5, 5.41) is 0. The number of allylic oxidation sites excluding steroid dienone is 5. The van der Waals surface area contributed by atoms with Gasteiger partial charge < -0.3 is 9.80 Å². The first-order valence-electron chi connectivity index (χ1n) is 5.89. The molecule has 0 heterocycles. The second kappa shape index (κ2) is 9.22. The van der Waals surface area contributed by atoms with E-state index in [0.29, 0.717) is 18.8 Å². The maximum absolute atomic E-state index is 11.6. The fourth-order valence-electron chi connectivity index (χ4n) is 1.29. The summed E-state index contributed by atoms with van der Waals surface area (Å²) in [6.07, 6.45) is 10.4. The second-order valence-corrected chi connectivity index (χ2v) is 4.18. The molecule has 1 amide bonds. The summed E-state index contributed by atoms with van der Waals surface area (Å²) in [6.45, 7) is 3.57. The summed E-state index contributed by atoms with van der Waals surface area (Å²) in [4.78, 5) is 19.4. The average Bonchev–Trinajstić information content (AvgIpc) is 2.29. The lowest BCUT2D eigenvalue weighted by Crippen LogP contribution is -2.36. The quantitative estimate of drug-likeness (QED) is 0.425. The molecule has 0 bridgehead atoms. The summed E-state index contributed by atoms with van der Waals surface area (Å²) < 4.78 is 0. The molecule has 0 aromatic carbocycles. The lowest BCUT2D eigenvalue weighted by molar-refractivity contribution is -0.117. The van der Waals surface area contributed by atoms with Crippen molar-refractivity contribution in [2.24, 2.45) is 4.99 Å². The van der Waals surface area contributed by atoms with Gasteiger partial charge in [-0.25, -0.2) is 0 Å². The van der Waals surface area contributed by atoms with E-state index in [-0.39, 0.29) is 5.91 Å². The molecule has 0 saturated carbocycles. The zero-order chi connectivity index (χ0) is 14.0. The summed E-state index contributed by atoms with van der Waals surface area (Å²) in [6, 6.07) is 0. The number of nitrogens with zero attached hydrogens (tertiary/aromatic N) is 3. The number of rotatable bonds is 5. The summed E-state index contributed by atoms with van der Waals surface area (Å²) >= 11 is 0. The highest BCUT2D eigenvalue weighted by molar-refractivity contribution is 5.92. The Labute approximate surface area is 110 Å². The Balaban J connectivity index is 4.24. The first kappa shape index (κ1) is 16.2. The van der Waals surface area contributed by atoms with Gasteiger partial charge in [-0.1, -0.05) is 37.0 Å². The van der Waals surface area contributed by atoms with Crippen molar-refractivity contribution in [3.8, 4) is 0 Å². The van der Waals surface area contributed by atoms with Crippen molar-refractivity contribution in [3.63, 3.8) is 0 Å². The van der Waals surface area contributed by atoms with E-state index in [1.807, 2.05) is 62.3 Å². The fraction of sp³-hybridized carbons (Fsp3) is 0.429. The molecule has 0 aromatic rings. The van der Waals surface area contributed by atoms with Crippen molar-refractivity contribution in [1.29, 1.82) is 0 Å². The largest absolute Gasteiger partial charge is 0.349 e. The number of aliphatic imine (C=N–C) groups is 1. The van der Waals surface area contributed by atoms with Crippen molar-refractivity contribution in [2.75, 3.05) is 28.2 Å². The normalized spacial score (nSPS) is 10.7. The molecule has 100 valence electrons. The molecular formula is C14H23N3O. The molecule has 0 radical (unpaired) electrons. The lowest BCUT2D eigenvalue weighted by atomic mass is 10.2. The summed E-state index contributed by atoms with van der Waals surface area (Å²) in [5.74, 6) is 0.556. The summed E-state index contributed by atoms with van der Waals surface area (Å²) in [7, 11) is 7.47. The average molecular weight is 249 g/mol. The van der Waals surface area contributed by atoms with Crippen molar-refractivity contribution >= 4 is 11.9 Å². The Kier molecular flexibility index (Phi) is 8.27. The number of carbonyl (C=O) groups excluding carboxylic acids is 1. The third-order valence-electron chi connectivity index (χ3n) is 2.04. The topological polar surface area (TPSA) is 35.9 Å². The van der Waals surface area contributed by atoms with Crippen LogP contribution in [0.15, 0.2) is 42.0 Å². The van der Waals surface area contributed by atoms with Crippen molar-refractivity contribution in [1.82, 2.24) is 9.80 Å². The molecule has 0 N–H and O–H groups in total. The number of amides is 1. The molecule has 0 fully saturated rings. The van der Waals surface area contributed by atoms with E-state index < -0.39 is 0 Å². The van der Waals surface area contributed by atoms with E-state index in [1.54, 1.807) is 6.08 Å². The number of guanidine groups is 1. The van der Waals surface area contributed by atoms with Crippen molar-refractivity contribution in [3.05, 3.63) is 37.0 Å². The van der Waals surface area contributed by atoms with E-state index in [1.165, 1.54) is 0 Å². The van der Waals surface area contributed by atoms with Gasteiger partial charge in [0.05, 0.1) is 0 Å². The van der Waals surface area contributed by atoms with E-state index in [9.17, 15) is 4.79 Å². The minimum Gasteiger partial charge on any atom is -0.349 e. The molecule has 4 heteroatoms. The van der Waals surface area contributed by atoms with Gasteiger partial charge in [-0.2, -0.15) is 4.99 Å². The number of hydrogen-bond donors (Lipinski definition) is 0.